The van der Waals surface area contributed by atoms with E-state index in [0.29, 0.717) is 12.7 Å². The van der Waals surface area contributed by atoms with Gasteiger partial charge in [0.15, 0.2) is 0 Å². The van der Waals surface area contributed by atoms with Crippen LogP contribution in [-0.2, 0) is 4.79 Å². The summed E-state index contributed by atoms with van der Waals surface area (Å²) in [6.45, 7) is 1.99. The Morgan fingerprint density at radius 2 is 2.18 bits per heavy atom. The molecule has 0 rings (SSSR count). The topological polar surface area (TPSA) is 37.3 Å². The largest absolute Gasteiger partial charge is 0.386 e. The minimum atomic E-state index is -0.749. The van der Waals surface area contributed by atoms with Gasteiger partial charge in [-0.2, -0.15) is 0 Å². The maximum atomic E-state index is 9.96. The Morgan fingerprint density at radius 3 is 2.73 bits per heavy atom. The van der Waals surface area contributed by atoms with Crippen LogP contribution in [0.15, 0.2) is 12.2 Å². The van der Waals surface area contributed by atoms with Crippen LogP contribution in [-0.4, -0.2) is 17.5 Å². The Bertz CT molecular complexity index is 119. The predicted molar refractivity (Wildman–Crippen MR) is 45.4 cm³/mol. The van der Waals surface area contributed by atoms with Crippen molar-refractivity contribution < 1.29 is 9.90 Å². The van der Waals surface area contributed by atoms with Gasteiger partial charge in [0.1, 0.15) is 12.4 Å². The van der Waals surface area contributed by atoms with Gasteiger partial charge in [-0.25, -0.2) is 0 Å². The molecule has 1 N–H and O–H groups in total. The molecule has 64 valence electrons. The maximum Gasteiger partial charge on any atom is 0.148 e. The van der Waals surface area contributed by atoms with Crippen molar-refractivity contribution in [1.82, 2.24) is 0 Å². The molecule has 0 aliphatic carbocycles. The first-order chi connectivity index (χ1) is 5.31. The third-order valence-corrected chi connectivity index (χ3v) is 1.51. The van der Waals surface area contributed by atoms with E-state index in [0.717, 1.165) is 19.3 Å². The minimum absolute atomic E-state index is 0.593. The molecule has 2 heteroatoms. The fraction of sp³-hybridized carbons (Fsp3) is 0.667. The first kappa shape index (κ1) is 10.4. The standard InChI is InChI=1S/C9H16O2/c1-2-3-4-5-6-7-9(11)8-10/h2-3,8-9,11H,4-7H2,1H3/b3-2+. The van der Waals surface area contributed by atoms with Crippen molar-refractivity contribution in [3.8, 4) is 0 Å². The van der Waals surface area contributed by atoms with Gasteiger partial charge >= 0.3 is 0 Å². The van der Waals surface area contributed by atoms with Crippen molar-refractivity contribution in [2.24, 2.45) is 0 Å². The Labute approximate surface area is 67.9 Å². The SMILES string of the molecule is C/C=C/CCCCC(O)C=O. The van der Waals surface area contributed by atoms with Crippen molar-refractivity contribution in [1.29, 1.82) is 0 Å². The van der Waals surface area contributed by atoms with Gasteiger partial charge in [0.05, 0.1) is 0 Å². The number of aliphatic hydroxyl groups excluding tert-OH is 1. The van der Waals surface area contributed by atoms with Gasteiger partial charge in [0.2, 0.25) is 0 Å². The lowest BCUT2D eigenvalue weighted by molar-refractivity contribution is -0.115. The van der Waals surface area contributed by atoms with E-state index >= 15 is 0 Å². The van der Waals surface area contributed by atoms with Crippen LogP contribution in [0.4, 0.5) is 0 Å². The average Bonchev–Trinajstić information content (AvgIpc) is 2.04. The van der Waals surface area contributed by atoms with E-state index in [-0.39, 0.29) is 0 Å². The van der Waals surface area contributed by atoms with Gasteiger partial charge in [-0.15, -0.1) is 0 Å². The molecule has 0 aliphatic rings. The van der Waals surface area contributed by atoms with Gasteiger partial charge in [-0.1, -0.05) is 18.6 Å². The number of aliphatic hydroxyl groups is 1. The van der Waals surface area contributed by atoms with E-state index in [4.69, 9.17) is 5.11 Å². The lowest BCUT2D eigenvalue weighted by Gasteiger charge is -1.99. The van der Waals surface area contributed by atoms with Crippen LogP contribution in [0.25, 0.3) is 0 Å². The number of hydrogen-bond donors (Lipinski definition) is 1. The monoisotopic (exact) mass is 156 g/mol. The Morgan fingerprint density at radius 1 is 1.45 bits per heavy atom. The van der Waals surface area contributed by atoms with Crippen molar-refractivity contribution in [3.05, 3.63) is 12.2 Å². The van der Waals surface area contributed by atoms with Gasteiger partial charge in [0.25, 0.3) is 0 Å². The Hall–Kier alpha value is -0.630. The van der Waals surface area contributed by atoms with Gasteiger partial charge in [-0.3, -0.25) is 0 Å². The van der Waals surface area contributed by atoms with Gasteiger partial charge < -0.3 is 9.90 Å². The summed E-state index contributed by atoms with van der Waals surface area (Å²) < 4.78 is 0. The summed E-state index contributed by atoms with van der Waals surface area (Å²) in [5, 5.41) is 8.83. The molecule has 0 spiro atoms. The predicted octanol–water partition coefficient (Wildman–Crippen LogP) is 1.68. The van der Waals surface area contributed by atoms with E-state index in [1.54, 1.807) is 0 Å². The number of aldehydes is 1. The van der Waals surface area contributed by atoms with Crippen molar-refractivity contribution >= 4 is 6.29 Å². The molecule has 0 aliphatic heterocycles. The van der Waals surface area contributed by atoms with Crippen molar-refractivity contribution in [2.75, 3.05) is 0 Å². The molecule has 0 heterocycles. The number of carbonyl (C=O) groups excluding carboxylic acids is 1. The first-order valence-corrected chi connectivity index (χ1v) is 4.05. The summed E-state index contributed by atoms with van der Waals surface area (Å²) >= 11 is 0. The number of allylic oxidation sites excluding steroid dienone is 2. The molecule has 0 aromatic rings. The third kappa shape index (κ3) is 7.26. The van der Waals surface area contributed by atoms with E-state index in [9.17, 15) is 4.79 Å². The molecule has 1 unspecified atom stereocenters. The molecule has 1 atom stereocenters. The Balaban J connectivity index is 3.07. The smallest absolute Gasteiger partial charge is 0.148 e. The van der Waals surface area contributed by atoms with Gasteiger partial charge in [-0.05, 0) is 26.2 Å². The molecule has 0 aromatic heterocycles. The molecule has 0 bridgehead atoms. The number of hydrogen-bond acceptors (Lipinski definition) is 2. The fourth-order valence-electron chi connectivity index (χ4n) is 0.850. The van der Waals surface area contributed by atoms with E-state index in [2.05, 4.69) is 6.08 Å². The molecule has 0 saturated carbocycles. The highest BCUT2D eigenvalue weighted by molar-refractivity contribution is 5.55. The second kappa shape index (κ2) is 7.48. The summed E-state index contributed by atoms with van der Waals surface area (Å²) in [6.07, 6.45) is 7.56. The highest BCUT2D eigenvalue weighted by atomic mass is 16.3. The van der Waals surface area contributed by atoms with Crippen molar-refractivity contribution in [2.45, 2.75) is 38.7 Å². The van der Waals surface area contributed by atoms with Crippen LogP contribution in [0, 0.1) is 0 Å². The highest BCUT2D eigenvalue weighted by Crippen LogP contribution is 2.02. The van der Waals surface area contributed by atoms with E-state index in [1.807, 2.05) is 13.0 Å². The maximum absolute atomic E-state index is 9.96. The van der Waals surface area contributed by atoms with Crippen LogP contribution in [0.1, 0.15) is 32.6 Å². The lowest BCUT2D eigenvalue weighted by atomic mass is 10.1. The molecule has 0 aromatic carbocycles. The Kier molecular flexibility index (Phi) is 7.05. The van der Waals surface area contributed by atoms with Crippen molar-refractivity contribution in [3.63, 3.8) is 0 Å². The quantitative estimate of drug-likeness (QED) is 0.361. The lowest BCUT2D eigenvalue weighted by Crippen LogP contribution is -2.06. The fourth-order valence-corrected chi connectivity index (χ4v) is 0.850. The van der Waals surface area contributed by atoms with Crippen LogP contribution < -0.4 is 0 Å². The summed E-state index contributed by atoms with van der Waals surface area (Å²) in [6, 6.07) is 0. The summed E-state index contributed by atoms with van der Waals surface area (Å²) in [4.78, 5) is 9.96. The zero-order valence-electron chi connectivity index (χ0n) is 6.99. The molecule has 0 saturated heterocycles. The number of carbonyl (C=O) groups is 1. The molecule has 0 fully saturated rings. The van der Waals surface area contributed by atoms with Gasteiger partial charge in [0, 0.05) is 0 Å². The molecular weight excluding hydrogens is 140 g/mol. The average molecular weight is 156 g/mol. The summed E-state index contributed by atoms with van der Waals surface area (Å²) in [5.41, 5.74) is 0. The zero-order valence-corrected chi connectivity index (χ0v) is 6.99. The highest BCUT2D eigenvalue weighted by Gasteiger charge is 1.98. The van der Waals surface area contributed by atoms with E-state index < -0.39 is 6.10 Å². The number of unbranched alkanes of at least 4 members (excludes halogenated alkanes) is 2. The molecule has 0 amide bonds. The van der Waals surface area contributed by atoms with Crippen LogP contribution in [0.2, 0.25) is 0 Å². The molecule has 0 radical (unpaired) electrons. The van der Waals surface area contributed by atoms with E-state index in [1.165, 1.54) is 0 Å². The summed E-state index contributed by atoms with van der Waals surface area (Å²) in [5.74, 6) is 0. The normalized spacial score (nSPS) is 13.6. The van der Waals surface area contributed by atoms with Crippen LogP contribution in [0.3, 0.4) is 0 Å². The molecular formula is C9H16O2. The number of rotatable bonds is 6. The summed E-state index contributed by atoms with van der Waals surface area (Å²) in [7, 11) is 0. The second-order valence-electron chi connectivity index (χ2n) is 2.56. The van der Waals surface area contributed by atoms with Crippen LogP contribution in [0.5, 0.6) is 0 Å². The second-order valence-corrected chi connectivity index (χ2v) is 2.56. The zero-order chi connectivity index (χ0) is 8.53. The molecule has 2 nitrogen and oxygen atoms in total. The first-order valence-electron chi connectivity index (χ1n) is 4.05. The minimum Gasteiger partial charge on any atom is -0.386 e. The third-order valence-electron chi connectivity index (χ3n) is 1.51. The van der Waals surface area contributed by atoms with Crippen LogP contribution >= 0.6 is 0 Å². The molecule has 11 heavy (non-hydrogen) atoms.